The van der Waals surface area contributed by atoms with Crippen LogP contribution in [0.5, 0.6) is 0 Å². The first-order valence-corrected chi connectivity index (χ1v) is 16.0. The Kier molecular flexibility index (Phi) is 8.32. The fourth-order valence-electron chi connectivity index (χ4n) is 6.51. The number of aldehydes is 1. The van der Waals surface area contributed by atoms with Gasteiger partial charge in [-0.05, 0) is 74.1 Å². The van der Waals surface area contributed by atoms with Crippen LogP contribution in [-0.4, -0.2) is 64.8 Å². The number of esters is 2. The minimum atomic E-state index is -0.741. The van der Waals surface area contributed by atoms with Crippen LogP contribution in [0.25, 0.3) is 11.1 Å². The molecule has 1 aromatic carbocycles. The molecule has 7 rings (SSSR count). The normalized spacial score (nSPS) is 18.8. The number of imidazole rings is 1. The van der Waals surface area contributed by atoms with Crippen LogP contribution >= 0.6 is 0 Å². The molecule has 1 aromatic heterocycles. The highest BCUT2D eigenvalue weighted by Gasteiger charge is 2.33. The minimum Gasteiger partial charge on any atom is -0.469 e. The van der Waals surface area contributed by atoms with E-state index in [2.05, 4.69) is 4.98 Å². The molecular weight excluding hydrogens is 632 g/mol. The van der Waals surface area contributed by atoms with Crippen molar-refractivity contribution in [2.75, 3.05) is 14.2 Å². The third-order valence-corrected chi connectivity index (χ3v) is 9.02. The lowest BCUT2D eigenvalue weighted by Gasteiger charge is -2.16. The van der Waals surface area contributed by atoms with Crippen LogP contribution in [-0.2, 0) is 26.1 Å². The molecule has 0 N–H and O–H groups in total. The molecule has 5 aliphatic rings. The predicted octanol–water partition coefficient (Wildman–Crippen LogP) is 5.54. The van der Waals surface area contributed by atoms with Gasteiger partial charge in [0.25, 0.3) is 0 Å². The van der Waals surface area contributed by atoms with Gasteiger partial charge >= 0.3 is 11.9 Å². The summed E-state index contributed by atoms with van der Waals surface area (Å²) >= 11 is 0. The van der Waals surface area contributed by atoms with Crippen molar-refractivity contribution in [3.8, 4) is 0 Å². The largest absolute Gasteiger partial charge is 0.469 e. The van der Waals surface area contributed by atoms with Gasteiger partial charge in [-0.2, -0.15) is 0 Å². The molecule has 6 heterocycles. The number of ether oxygens (including phenoxy) is 2. The van der Waals surface area contributed by atoms with E-state index < -0.39 is 23.8 Å². The van der Waals surface area contributed by atoms with Gasteiger partial charge in [0.2, 0.25) is 0 Å². The van der Waals surface area contributed by atoms with Crippen LogP contribution < -0.4 is 0 Å². The maximum absolute atomic E-state index is 13.0. The van der Waals surface area contributed by atoms with Crippen molar-refractivity contribution in [1.29, 1.82) is 0 Å². The maximum atomic E-state index is 13.0. The second kappa shape index (κ2) is 12.9. The van der Waals surface area contributed by atoms with E-state index in [1.54, 1.807) is 44.3 Å². The number of aryl methyl sites for hydroxylation is 1. The van der Waals surface area contributed by atoms with E-state index in [1.165, 1.54) is 14.2 Å². The molecule has 248 valence electrons. The number of nitrogens with zero attached hydrogens (tertiary/aromatic N) is 6. The average Bonchev–Trinajstić information content (AvgIpc) is 3.99. The zero-order valence-electron chi connectivity index (χ0n) is 28.0. The van der Waals surface area contributed by atoms with Crippen molar-refractivity contribution in [2.24, 2.45) is 38.9 Å². The van der Waals surface area contributed by atoms with Gasteiger partial charge in [-0.25, -0.2) is 25.0 Å². The number of hydrogen-bond acceptors (Lipinski definition) is 10. The van der Waals surface area contributed by atoms with Crippen LogP contribution in [0.3, 0.4) is 0 Å². The number of hydrogen-bond donors (Lipinski definition) is 0. The van der Waals surface area contributed by atoms with Gasteiger partial charge in [0.05, 0.1) is 77.3 Å². The zero-order chi connectivity index (χ0) is 35.1. The topological polar surface area (TPSA) is 137 Å². The van der Waals surface area contributed by atoms with Crippen molar-refractivity contribution < 1.29 is 23.9 Å². The third-order valence-electron chi connectivity index (χ3n) is 9.02. The Labute approximate surface area is 288 Å². The first kappa shape index (κ1) is 32.2. The SMILES string of the molecule is COC(=O)C(C)C1=C2C=CC(=N2)C(c2nccn2C)=C2C=CC(=N2)C(c2cccc(C=O)c2)=C2C=CC(=N2)C(C(C)C(=O)OC)=C2C=CC1=N2. The molecule has 0 radical (unpaired) electrons. The number of carbonyl (C=O) groups excluding carboxylic acids is 3. The molecule has 8 bridgehead atoms. The molecule has 0 fully saturated rings. The fraction of sp³-hybridized carbons (Fsp3) is 0.179. The van der Waals surface area contributed by atoms with Gasteiger partial charge in [-0.3, -0.25) is 14.4 Å². The molecule has 50 heavy (non-hydrogen) atoms. The number of methoxy groups -OCH3 is 2. The molecular formula is C39H32N6O5. The molecule has 0 spiro atoms. The zero-order valence-corrected chi connectivity index (χ0v) is 28.0. The maximum Gasteiger partial charge on any atom is 0.313 e. The van der Waals surface area contributed by atoms with Crippen LogP contribution in [0.4, 0.5) is 0 Å². The first-order chi connectivity index (χ1) is 24.2. The van der Waals surface area contributed by atoms with Crippen molar-refractivity contribution in [3.05, 3.63) is 136 Å². The number of carbonyl (C=O) groups is 3. The van der Waals surface area contributed by atoms with Gasteiger partial charge in [0.15, 0.2) is 0 Å². The summed E-state index contributed by atoms with van der Waals surface area (Å²) in [7, 11) is 4.58. The van der Waals surface area contributed by atoms with E-state index in [0.717, 1.165) is 11.8 Å². The van der Waals surface area contributed by atoms with E-state index >= 15 is 0 Å². The molecule has 0 aliphatic carbocycles. The molecule has 0 amide bonds. The summed E-state index contributed by atoms with van der Waals surface area (Å²) in [6.45, 7) is 3.49. The highest BCUT2D eigenvalue weighted by atomic mass is 16.5. The summed E-state index contributed by atoms with van der Waals surface area (Å²) in [6, 6.07) is 7.25. The van der Waals surface area contributed by atoms with Crippen LogP contribution in [0.2, 0.25) is 0 Å². The summed E-state index contributed by atoms with van der Waals surface area (Å²) in [6.07, 6.45) is 19.2. The summed E-state index contributed by atoms with van der Waals surface area (Å²) < 4.78 is 12.2. The van der Waals surface area contributed by atoms with E-state index in [4.69, 9.17) is 29.4 Å². The standard InChI is InChI=1S/C39H32N6O5/c1-21(38(47)49-4)33-25-9-10-26(41-25)34(22(2)39(48)50-5)28-12-15-31(43-28)36(37-40-17-18-45(37)3)32-16-14-30(44-32)35(29-13-11-27(33)42-29)24-8-6-7-23(19-24)20-46/h6-22H,1-5H3. The number of rotatable bonds is 7. The Morgan fingerprint density at radius 3 is 1.76 bits per heavy atom. The van der Waals surface area contributed by atoms with Crippen molar-refractivity contribution >= 4 is 52.2 Å². The van der Waals surface area contributed by atoms with Gasteiger partial charge in [0, 0.05) is 41.7 Å². The Morgan fingerprint density at radius 2 is 1.20 bits per heavy atom. The van der Waals surface area contributed by atoms with Crippen LogP contribution in [0.15, 0.2) is 139 Å². The van der Waals surface area contributed by atoms with Crippen LogP contribution in [0, 0.1) is 11.8 Å². The predicted molar refractivity (Wildman–Crippen MR) is 192 cm³/mol. The molecule has 11 nitrogen and oxygen atoms in total. The molecule has 0 saturated carbocycles. The lowest BCUT2D eigenvalue weighted by molar-refractivity contribution is -0.144. The minimum absolute atomic E-state index is 0.449. The lowest BCUT2D eigenvalue weighted by Crippen LogP contribution is -2.21. The Hall–Kier alpha value is -6.36. The van der Waals surface area contributed by atoms with Crippen molar-refractivity contribution in [1.82, 2.24) is 9.55 Å². The van der Waals surface area contributed by atoms with E-state index in [1.807, 2.05) is 66.4 Å². The van der Waals surface area contributed by atoms with Crippen molar-refractivity contribution in [3.63, 3.8) is 0 Å². The summed E-state index contributed by atoms with van der Waals surface area (Å²) in [5.74, 6) is -1.73. The smallest absolute Gasteiger partial charge is 0.313 e. The highest BCUT2D eigenvalue weighted by molar-refractivity contribution is 6.36. The molecule has 2 atom stereocenters. The number of fused-ring (bicyclic) bond motifs is 4. The van der Waals surface area contributed by atoms with Gasteiger partial charge < -0.3 is 14.0 Å². The molecule has 5 aliphatic heterocycles. The Bertz CT molecular complexity index is 2280. The molecule has 2 aromatic rings. The third kappa shape index (κ3) is 5.52. The first-order valence-electron chi connectivity index (χ1n) is 16.0. The van der Waals surface area contributed by atoms with E-state index in [0.29, 0.717) is 79.3 Å². The highest BCUT2D eigenvalue weighted by Crippen LogP contribution is 2.37. The number of allylic oxidation sites excluding steroid dienone is 10. The number of aromatic nitrogens is 2. The second-order valence-corrected chi connectivity index (χ2v) is 12.0. The molecule has 0 saturated heterocycles. The fourth-order valence-corrected chi connectivity index (χ4v) is 6.51. The monoisotopic (exact) mass is 664 g/mol. The van der Waals surface area contributed by atoms with E-state index in [-0.39, 0.29) is 0 Å². The molecule has 2 unspecified atom stereocenters. The molecule has 11 heteroatoms. The van der Waals surface area contributed by atoms with Crippen molar-refractivity contribution in [2.45, 2.75) is 13.8 Å². The number of benzene rings is 1. The summed E-state index contributed by atoms with van der Waals surface area (Å²) in [5.41, 5.74) is 8.17. The summed E-state index contributed by atoms with van der Waals surface area (Å²) in [4.78, 5) is 62.8. The number of aliphatic imine (C=N–C) groups is 4. The van der Waals surface area contributed by atoms with Gasteiger partial charge in [0.1, 0.15) is 12.1 Å². The lowest BCUT2D eigenvalue weighted by atomic mass is 9.94. The Balaban J connectivity index is 1.58. The van der Waals surface area contributed by atoms with E-state index in [9.17, 15) is 14.4 Å². The van der Waals surface area contributed by atoms with Gasteiger partial charge in [-0.15, -0.1) is 0 Å². The average molecular weight is 665 g/mol. The van der Waals surface area contributed by atoms with Gasteiger partial charge in [-0.1, -0.05) is 18.2 Å². The quantitative estimate of drug-likeness (QED) is 0.282. The Morgan fingerprint density at radius 1 is 0.700 bits per heavy atom. The second-order valence-electron chi connectivity index (χ2n) is 12.0. The summed E-state index contributed by atoms with van der Waals surface area (Å²) in [5, 5.41) is 0. The van der Waals surface area contributed by atoms with Crippen LogP contribution in [0.1, 0.15) is 35.6 Å².